The van der Waals surface area contributed by atoms with Gasteiger partial charge in [0, 0.05) is 18.1 Å². The van der Waals surface area contributed by atoms with Crippen molar-refractivity contribution in [1.82, 2.24) is 9.38 Å². The molecule has 0 unspecified atom stereocenters. The number of hydrogen-bond acceptors (Lipinski definition) is 3. The number of rotatable bonds is 2. The van der Waals surface area contributed by atoms with E-state index in [1.165, 1.54) is 0 Å². The fraction of sp³-hybridized carbons (Fsp3) is 0.273. The van der Waals surface area contributed by atoms with Gasteiger partial charge in [-0.25, -0.2) is 9.78 Å². The fourth-order valence-electron chi connectivity index (χ4n) is 1.44. The van der Waals surface area contributed by atoms with Gasteiger partial charge in [-0.2, -0.15) is 0 Å². The third kappa shape index (κ3) is 1.70. The molecule has 2 heterocycles. The molecule has 0 aromatic carbocycles. The molecule has 0 bridgehead atoms. The van der Waals surface area contributed by atoms with Crippen molar-refractivity contribution in [2.24, 2.45) is 0 Å². The Labute approximate surface area is 87.5 Å². The normalized spacial score (nSPS) is 10.5. The highest BCUT2D eigenvalue weighted by Gasteiger charge is 2.08. The van der Waals surface area contributed by atoms with Gasteiger partial charge >= 0.3 is 5.97 Å². The molecule has 2 rings (SSSR count). The van der Waals surface area contributed by atoms with Crippen LogP contribution in [0, 0.1) is 6.92 Å². The molecule has 0 aliphatic carbocycles. The number of esters is 1. The monoisotopic (exact) mass is 204 g/mol. The summed E-state index contributed by atoms with van der Waals surface area (Å²) in [5, 5.41) is 0. The summed E-state index contributed by atoms with van der Waals surface area (Å²) in [6, 6.07) is 3.53. The average molecular weight is 204 g/mol. The van der Waals surface area contributed by atoms with Crippen molar-refractivity contribution in [3.05, 3.63) is 35.8 Å². The van der Waals surface area contributed by atoms with Crippen molar-refractivity contribution in [3.63, 3.8) is 0 Å². The van der Waals surface area contributed by atoms with Gasteiger partial charge in [0.25, 0.3) is 0 Å². The quantitative estimate of drug-likeness (QED) is 0.701. The number of fused-ring (bicyclic) bond motifs is 1. The molecule has 0 atom stereocenters. The van der Waals surface area contributed by atoms with Crippen LogP contribution in [-0.2, 0) is 4.74 Å². The molecular weight excluding hydrogens is 192 g/mol. The largest absolute Gasteiger partial charge is 0.462 e. The molecule has 2 aromatic heterocycles. The van der Waals surface area contributed by atoms with Gasteiger partial charge in [0.2, 0.25) is 0 Å². The maximum atomic E-state index is 11.5. The van der Waals surface area contributed by atoms with E-state index in [0.717, 1.165) is 11.3 Å². The van der Waals surface area contributed by atoms with Crippen LogP contribution in [0.1, 0.15) is 23.0 Å². The van der Waals surface area contributed by atoms with E-state index in [1.807, 2.05) is 11.3 Å². The van der Waals surface area contributed by atoms with Crippen LogP contribution in [0.4, 0.5) is 0 Å². The maximum absolute atomic E-state index is 11.5. The van der Waals surface area contributed by atoms with Crippen LogP contribution in [0.15, 0.2) is 24.5 Å². The number of imidazole rings is 1. The molecule has 0 amide bonds. The first kappa shape index (κ1) is 9.71. The first-order valence-electron chi connectivity index (χ1n) is 4.83. The Kier molecular flexibility index (Phi) is 2.41. The van der Waals surface area contributed by atoms with E-state index in [1.54, 1.807) is 31.5 Å². The second kappa shape index (κ2) is 3.73. The molecule has 4 heteroatoms. The topological polar surface area (TPSA) is 43.6 Å². The third-order valence-electron chi connectivity index (χ3n) is 2.20. The van der Waals surface area contributed by atoms with Gasteiger partial charge in [-0.1, -0.05) is 0 Å². The lowest BCUT2D eigenvalue weighted by Gasteiger charge is -2.02. The van der Waals surface area contributed by atoms with Gasteiger partial charge in [-0.05, 0) is 26.0 Å². The van der Waals surface area contributed by atoms with Gasteiger partial charge < -0.3 is 9.14 Å². The maximum Gasteiger partial charge on any atom is 0.339 e. The molecule has 78 valence electrons. The molecule has 0 radical (unpaired) electrons. The van der Waals surface area contributed by atoms with Crippen LogP contribution in [0.25, 0.3) is 5.65 Å². The van der Waals surface area contributed by atoms with E-state index < -0.39 is 0 Å². The lowest BCUT2D eigenvalue weighted by Crippen LogP contribution is -2.05. The molecule has 15 heavy (non-hydrogen) atoms. The molecule has 0 saturated heterocycles. The molecule has 0 N–H and O–H groups in total. The molecule has 2 aromatic rings. The van der Waals surface area contributed by atoms with E-state index in [2.05, 4.69) is 4.98 Å². The number of aromatic nitrogens is 2. The number of aryl methyl sites for hydroxylation is 1. The van der Waals surface area contributed by atoms with Crippen LogP contribution >= 0.6 is 0 Å². The Bertz CT molecular complexity index is 502. The molecule has 4 nitrogen and oxygen atoms in total. The highest BCUT2D eigenvalue weighted by Crippen LogP contribution is 2.09. The Balaban J connectivity index is 2.45. The predicted octanol–water partition coefficient (Wildman–Crippen LogP) is 1.82. The Hall–Kier alpha value is -1.84. The summed E-state index contributed by atoms with van der Waals surface area (Å²) < 4.78 is 6.79. The van der Waals surface area contributed by atoms with Crippen molar-refractivity contribution >= 4 is 11.6 Å². The first-order chi connectivity index (χ1) is 7.22. The van der Waals surface area contributed by atoms with Gasteiger partial charge in [0.1, 0.15) is 5.65 Å². The van der Waals surface area contributed by atoms with Crippen LogP contribution in [0.3, 0.4) is 0 Å². The van der Waals surface area contributed by atoms with Crippen molar-refractivity contribution < 1.29 is 9.53 Å². The van der Waals surface area contributed by atoms with Gasteiger partial charge in [0.15, 0.2) is 0 Å². The van der Waals surface area contributed by atoms with Crippen LogP contribution in [0.2, 0.25) is 0 Å². The first-order valence-corrected chi connectivity index (χ1v) is 4.83. The number of carbonyl (C=O) groups is 1. The minimum absolute atomic E-state index is 0.299. The molecular formula is C11H12N2O2. The number of pyridine rings is 1. The SMILES string of the molecule is CCOC(=O)c1ccc2ncc(C)n2c1. The zero-order chi connectivity index (χ0) is 10.8. The summed E-state index contributed by atoms with van der Waals surface area (Å²) in [4.78, 5) is 15.6. The highest BCUT2D eigenvalue weighted by molar-refractivity contribution is 5.89. The number of carbonyl (C=O) groups excluding carboxylic acids is 1. The molecule has 0 spiro atoms. The Morgan fingerprint density at radius 3 is 3.07 bits per heavy atom. The molecule has 0 aliphatic rings. The zero-order valence-electron chi connectivity index (χ0n) is 8.73. The summed E-state index contributed by atoms with van der Waals surface area (Å²) in [5.41, 5.74) is 2.38. The average Bonchev–Trinajstić information content (AvgIpc) is 2.60. The minimum Gasteiger partial charge on any atom is -0.462 e. The van der Waals surface area contributed by atoms with Crippen molar-refractivity contribution in [2.75, 3.05) is 6.61 Å². The smallest absolute Gasteiger partial charge is 0.339 e. The fourth-order valence-corrected chi connectivity index (χ4v) is 1.44. The predicted molar refractivity (Wildman–Crippen MR) is 55.9 cm³/mol. The van der Waals surface area contributed by atoms with Crippen LogP contribution in [0.5, 0.6) is 0 Å². The van der Waals surface area contributed by atoms with E-state index in [-0.39, 0.29) is 5.97 Å². The Morgan fingerprint density at radius 2 is 2.33 bits per heavy atom. The van der Waals surface area contributed by atoms with Crippen molar-refractivity contribution in [1.29, 1.82) is 0 Å². The lowest BCUT2D eigenvalue weighted by molar-refractivity contribution is 0.0526. The number of nitrogens with zero attached hydrogens (tertiary/aromatic N) is 2. The Morgan fingerprint density at radius 1 is 1.53 bits per heavy atom. The van der Waals surface area contributed by atoms with Gasteiger partial charge in [-0.15, -0.1) is 0 Å². The molecule has 0 aliphatic heterocycles. The third-order valence-corrected chi connectivity index (χ3v) is 2.20. The van der Waals surface area contributed by atoms with E-state index in [4.69, 9.17) is 4.74 Å². The van der Waals surface area contributed by atoms with E-state index in [0.29, 0.717) is 12.2 Å². The summed E-state index contributed by atoms with van der Waals surface area (Å²) in [6.45, 7) is 4.12. The standard InChI is InChI=1S/C11H12N2O2/c1-3-15-11(14)9-4-5-10-12-6-8(2)13(10)7-9/h4-7H,3H2,1-2H3. The number of ether oxygens (including phenoxy) is 1. The van der Waals surface area contributed by atoms with E-state index >= 15 is 0 Å². The lowest BCUT2D eigenvalue weighted by atomic mass is 10.3. The van der Waals surface area contributed by atoms with Crippen LogP contribution in [-0.4, -0.2) is 22.0 Å². The second-order valence-electron chi connectivity index (χ2n) is 3.27. The van der Waals surface area contributed by atoms with Crippen molar-refractivity contribution in [2.45, 2.75) is 13.8 Å². The highest BCUT2D eigenvalue weighted by atomic mass is 16.5. The number of hydrogen-bond donors (Lipinski definition) is 0. The van der Waals surface area contributed by atoms with Crippen molar-refractivity contribution in [3.8, 4) is 0 Å². The molecule has 0 saturated carbocycles. The van der Waals surface area contributed by atoms with Gasteiger partial charge in [-0.3, -0.25) is 0 Å². The molecule has 0 fully saturated rings. The summed E-state index contributed by atoms with van der Waals surface area (Å²) in [6.07, 6.45) is 3.51. The second-order valence-corrected chi connectivity index (χ2v) is 3.27. The summed E-state index contributed by atoms with van der Waals surface area (Å²) in [7, 11) is 0. The zero-order valence-corrected chi connectivity index (χ0v) is 8.73. The summed E-state index contributed by atoms with van der Waals surface area (Å²) in [5.74, 6) is -0.299. The van der Waals surface area contributed by atoms with Crippen LogP contribution < -0.4 is 0 Å². The summed E-state index contributed by atoms with van der Waals surface area (Å²) >= 11 is 0. The van der Waals surface area contributed by atoms with Gasteiger partial charge in [0.05, 0.1) is 12.2 Å². The minimum atomic E-state index is -0.299. The van der Waals surface area contributed by atoms with E-state index in [9.17, 15) is 4.79 Å².